The average Bonchev–Trinajstić information content (AvgIpc) is 3.16. The van der Waals surface area contributed by atoms with Gasteiger partial charge in [0.1, 0.15) is 11.9 Å². The van der Waals surface area contributed by atoms with Crippen LogP contribution in [-0.4, -0.2) is 44.1 Å². The van der Waals surface area contributed by atoms with Gasteiger partial charge in [0.25, 0.3) is 0 Å². The minimum absolute atomic E-state index is 0.0132. The molecule has 4 aliphatic rings. The summed E-state index contributed by atoms with van der Waals surface area (Å²) in [5.41, 5.74) is -0.256. The molecule has 0 heterocycles. The van der Waals surface area contributed by atoms with Gasteiger partial charge in [0, 0.05) is 32.3 Å². The number of rotatable bonds is 6. The van der Waals surface area contributed by atoms with Crippen molar-refractivity contribution in [1.29, 1.82) is 0 Å². The Labute approximate surface area is 204 Å². The average molecular weight is 477 g/mol. The van der Waals surface area contributed by atoms with E-state index in [0.29, 0.717) is 54.1 Å². The number of Topliss-reactive ketones (excluding diaryl/α,β-unsaturated/α-hetero) is 1. The summed E-state index contributed by atoms with van der Waals surface area (Å²) in [4.78, 5) is 37.3. The maximum Gasteiger partial charge on any atom is 0.305 e. The molecule has 0 aromatic heterocycles. The fraction of sp³-hybridized carbons (Fsp3) is 0.893. The van der Waals surface area contributed by atoms with E-state index >= 15 is 0 Å². The number of carbonyl (C=O) groups is 3. The van der Waals surface area contributed by atoms with Crippen molar-refractivity contribution >= 4 is 17.7 Å². The third kappa shape index (κ3) is 4.12. The lowest BCUT2D eigenvalue weighted by molar-refractivity contribution is -0.190. The normalized spacial score (nSPS) is 44.4. The molecule has 0 aromatic rings. The van der Waals surface area contributed by atoms with Gasteiger partial charge in [-0.25, -0.2) is 0 Å². The minimum Gasteiger partial charge on any atom is -0.469 e. The van der Waals surface area contributed by atoms with E-state index in [9.17, 15) is 14.4 Å². The number of ether oxygens (including phenoxy) is 3. The highest BCUT2D eigenvalue weighted by Crippen LogP contribution is 2.67. The topological polar surface area (TPSA) is 78.9 Å². The first-order valence-electron chi connectivity index (χ1n) is 13.4. The van der Waals surface area contributed by atoms with Crippen LogP contribution in [0.4, 0.5) is 0 Å². The van der Waals surface area contributed by atoms with Crippen LogP contribution in [0.15, 0.2) is 0 Å². The second-order valence-electron chi connectivity index (χ2n) is 12.2. The minimum atomic E-state index is -0.342. The monoisotopic (exact) mass is 476 g/mol. The predicted molar refractivity (Wildman–Crippen MR) is 128 cm³/mol. The number of esters is 2. The largest absolute Gasteiger partial charge is 0.469 e. The molecular formula is C28H44O6. The van der Waals surface area contributed by atoms with Crippen LogP contribution >= 0.6 is 0 Å². The summed E-state index contributed by atoms with van der Waals surface area (Å²) in [6.45, 7) is 8.32. The molecule has 0 aromatic carbocycles. The maximum atomic E-state index is 14.0. The number of methoxy groups -OCH3 is 2. The molecule has 0 N–H and O–H groups in total. The second-order valence-corrected chi connectivity index (χ2v) is 12.2. The second kappa shape index (κ2) is 9.55. The highest BCUT2D eigenvalue weighted by Gasteiger charge is 2.66. The number of fused-ring (bicyclic) bond motifs is 5. The van der Waals surface area contributed by atoms with E-state index in [4.69, 9.17) is 14.2 Å². The van der Waals surface area contributed by atoms with E-state index in [0.717, 1.165) is 44.9 Å². The molecule has 0 amide bonds. The third-order valence-electron chi connectivity index (χ3n) is 10.9. The molecule has 4 saturated carbocycles. The molecule has 0 aliphatic heterocycles. The molecule has 0 unspecified atom stereocenters. The molecule has 0 bridgehead atoms. The molecule has 4 rings (SSSR count). The first kappa shape index (κ1) is 25.7. The Morgan fingerprint density at radius 3 is 2.47 bits per heavy atom. The van der Waals surface area contributed by atoms with Crippen molar-refractivity contribution in [3.63, 3.8) is 0 Å². The lowest BCUT2D eigenvalue weighted by atomic mass is 9.43. The van der Waals surface area contributed by atoms with E-state index < -0.39 is 0 Å². The van der Waals surface area contributed by atoms with Crippen LogP contribution in [0.2, 0.25) is 0 Å². The van der Waals surface area contributed by atoms with E-state index in [-0.39, 0.29) is 35.0 Å². The van der Waals surface area contributed by atoms with Crippen LogP contribution in [0.5, 0.6) is 0 Å². The SMILES string of the molecule is COC(=O)CC[C@@H](C)[C@H]1CC[C@H]2[C@@H]3[C@H](OC)C[C@@H]4C[C@H](OC(C)=O)CC[C@]4(C)[C@H]3CC(=O)[C@]12C. The quantitative estimate of drug-likeness (QED) is 0.504. The molecule has 10 atom stereocenters. The Bertz CT molecular complexity index is 809. The van der Waals surface area contributed by atoms with Gasteiger partial charge in [-0.1, -0.05) is 20.8 Å². The van der Waals surface area contributed by atoms with Gasteiger partial charge >= 0.3 is 11.9 Å². The van der Waals surface area contributed by atoms with Crippen LogP contribution in [-0.2, 0) is 28.6 Å². The van der Waals surface area contributed by atoms with Gasteiger partial charge in [-0.15, -0.1) is 0 Å². The number of hydrogen-bond donors (Lipinski definition) is 0. The summed E-state index contributed by atoms with van der Waals surface area (Å²) in [6.07, 6.45) is 7.80. The van der Waals surface area contributed by atoms with E-state index in [2.05, 4.69) is 20.8 Å². The first-order valence-corrected chi connectivity index (χ1v) is 13.4. The van der Waals surface area contributed by atoms with Crippen molar-refractivity contribution in [2.45, 2.75) is 97.7 Å². The smallest absolute Gasteiger partial charge is 0.305 e. The summed E-state index contributed by atoms with van der Waals surface area (Å²) in [5, 5.41) is 0. The van der Waals surface area contributed by atoms with Crippen molar-refractivity contribution in [1.82, 2.24) is 0 Å². The van der Waals surface area contributed by atoms with Gasteiger partial charge < -0.3 is 14.2 Å². The van der Waals surface area contributed by atoms with Crippen molar-refractivity contribution < 1.29 is 28.6 Å². The Morgan fingerprint density at radius 1 is 1.09 bits per heavy atom. The van der Waals surface area contributed by atoms with Gasteiger partial charge in [-0.2, -0.15) is 0 Å². The van der Waals surface area contributed by atoms with Crippen LogP contribution in [0.1, 0.15) is 85.5 Å². The summed E-state index contributed by atoms with van der Waals surface area (Å²) in [6, 6.07) is 0. The number of ketones is 1. The summed E-state index contributed by atoms with van der Waals surface area (Å²) in [5.74, 6) is 2.11. The van der Waals surface area contributed by atoms with Crippen molar-refractivity contribution in [2.75, 3.05) is 14.2 Å². The van der Waals surface area contributed by atoms with Crippen molar-refractivity contribution in [3.05, 3.63) is 0 Å². The van der Waals surface area contributed by atoms with Crippen LogP contribution in [0, 0.1) is 46.3 Å². The zero-order valence-corrected chi connectivity index (χ0v) is 21.9. The molecule has 34 heavy (non-hydrogen) atoms. The molecule has 4 aliphatic carbocycles. The molecule has 6 heteroatoms. The fourth-order valence-electron chi connectivity index (χ4n) is 9.06. The molecule has 0 spiro atoms. The van der Waals surface area contributed by atoms with Gasteiger partial charge in [-0.05, 0) is 85.9 Å². The maximum absolute atomic E-state index is 14.0. The predicted octanol–water partition coefficient (Wildman–Crippen LogP) is 4.97. The van der Waals surface area contributed by atoms with E-state index in [1.54, 1.807) is 0 Å². The molecule has 0 saturated heterocycles. The molecule has 0 radical (unpaired) electrons. The number of carbonyl (C=O) groups excluding carboxylic acids is 3. The zero-order chi connectivity index (χ0) is 24.8. The Kier molecular flexibility index (Phi) is 7.21. The highest BCUT2D eigenvalue weighted by molar-refractivity contribution is 5.87. The Morgan fingerprint density at radius 2 is 1.82 bits per heavy atom. The fourth-order valence-corrected chi connectivity index (χ4v) is 9.06. The van der Waals surface area contributed by atoms with Crippen LogP contribution in [0.3, 0.4) is 0 Å². The third-order valence-corrected chi connectivity index (χ3v) is 10.9. The summed E-state index contributed by atoms with van der Waals surface area (Å²) in [7, 11) is 3.27. The zero-order valence-electron chi connectivity index (χ0n) is 21.9. The van der Waals surface area contributed by atoms with Crippen LogP contribution < -0.4 is 0 Å². The highest BCUT2D eigenvalue weighted by atomic mass is 16.5. The van der Waals surface area contributed by atoms with Gasteiger partial charge in [0.2, 0.25) is 0 Å². The lowest BCUT2D eigenvalue weighted by Crippen LogP contribution is -2.61. The molecular weight excluding hydrogens is 432 g/mol. The van der Waals surface area contributed by atoms with E-state index in [1.807, 2.05) is 7.11 Å². The first-order chi connectivity index (χ1) is 16.1. The van der Waals surface area contributed by atoms with E-state index in [1.165, 1.54) is 14.0 Å². The van der Waals surface area contributed by atoms with Crippen molar-refractivity contribution in [2.24, 2.45) is 46.3 Å². The van der Waals surface area contributed by atoms with Gasteiger partial charge in [0.15, 0.2) is 0 Å². The standard InChI is InChI=1S/C28H44O6/c1-16(7-10-25(31)33-6)20-8-9-21-26-22(15-24(30)28(20,21)4)27(3)12-11-19(34-17(2)29)13-18(27)14-23(26)32-5/h16,18-23,26H,7-15H2,1-6H3/t16-,18+,19-,20-,21+,22+,23-,26+,27+,28-/m1/s1. The van der Waals surface area contributed by atoms with Gasteiger partial charge in [-0.3, -0.25) is 14.4 Å². The summed E-state index contributed by atoms with van der Waals surface area (Å²) >= 11 is 0. The Hall–Kier alpha value is -1.43. The van der Waals surface area contributed by atoms with Gasteiger partial charge in [0.05, 0.1) is 13.2 Å². The molecule has 6 nitrogen and oxygen atoms in total. The lowest BCUT2D eigenvalue weighted by Gasteiger charge is -2.62. The summed E-state index contributed by atoms with van der Waals surface area (Å²) < 4.78 is 16.6. The van der Waals surface area contributed by atoms with Crippen molar-refractivity contribution in [3.8, 4) is 0 Å². The molecule has 192 valence electrons. The Balaban J connectivity index is 1.58. The molecule has 4 fully saturated rings. The van der Waals surface area contributed by atoms with Crippen LogP contribution in [0.25, 0.3) is 0 Å². The number of hydrogen-bond acceptors (Lipinski definition) is 6.